The summed E-state index contributed by atoms with van der Waals surface area (Å²) in [7, 11) is 0. The normalized spacial score (nSPS) is 10.3. The van der Waals surface area contributed by atoms with E-state index in [1.54, 1.807) is 18.5 Å². The van der Waals surface area contributed by atoms with Gasteiger partial charge in [-0.15, -0.1) is 0 Å². The lowest BCUT2D eigenvalue weighted by Gasteiger charge is -2.08. The van der Waals surface area contributed by atoms with Gasteiger partial charge in [-0.05, 0) is 30.3 Å². The van der Waals surface area contributed by atoms with Gasteiger partial charge in [0.25, 0.3) is 0 Å². The number of esters is 1. The highest BCUT2D eigenvalue weighted by Crippen LogP contribution is 2.14. The summed E-state index contributed by atoms with van der Waals surface area (Å²) in [5.41, 5.74) is 6.23. The lowest BCUT2D eigenvalue weighted by atomic mass is 10.3. The minimum atomic E-state index is -0.449. The zero-order chi connectivity index (χ0) is 19.8. The summed E-state index contributed by atoms with van der Waals surface area (Å²) < 4.78 is 18.1. The minimum absolute atomic E-state index is 0.0337. The summed E-state index contributed by atoms with van der Waals surface area (Å²) in [6, 6.07) is 7.34. The number of rotatable bonds is 8. The Labute approximate surface area is 159 Å². The number of carbonyl (C=O) groups is 1. The number of benzene rings is 1. The average Bonchev–Trinajstić information content (AvgIpc) is 2.69. The highest BCUT2D eigenvalue weighted by Gasteiger charge is 2.09. The summed E-state index contributed by atoms with van der Waals surface area (Å²) in [5, 5.41) is 5.78. The van der Waals surface area contributed by atoms with E-state index >= 15 is 0 Å². The molecule has 144 valence electrons. The fourth-order valence-electron chi connectivity index (χ4n) is 2.10. The van der Waals surface area contributed by atoms with Crippen LogP contribution in [0.3, 0.4) is 0 Å². The number of nitrogens with zero attached hydrogens (tertiary/aromatic N) is 5. The third kappa shape index (κ3) is 5.83. The highest BCUT2D eigenvalue weighted by atomic mass is 19.1. The van der Waals surface area contributed by atoms with Crippen molar-refractivity contribution >= 4 is 29.5 Å². The van der Waals surface area contributed by atoms with Crippen molar-refractivity contribution in [3.63, 3.8) is 0 Å². The van der Waals surface area contributed by atoms with Gasteiger partial charge in [0.2, 0.25) is 17.8 Å². The van der Waals surface area contributed by atoms with Crippen LogP contribution in [0.25, 0.3) is 0 Å². The van der Waals surface area contributed by atoms with E-state index in [2.05, 4.69) is 35.6 Å². The molecule has 0 saturated heterocycles. The molecule has 0 aliphatic carbocycles. The topological polar surface area (TPSA) is 141 Å². The Hall–Kier alpha value is -3.89. The van der Waals surface area contributed by atoms with Crippen molar-refractivity contribution in [2.45, 2.75) is 13.0 Å². The molecular formula is C17H17FN8O2. The molecule has 0 aliphatic heterocycles. The van der Waals surface area contributed by atoms with E-state index in [0.29, 0.717) is 18.2 Å². The number of ether oxygens (including phenoxy) is 1. The molecule has 0 fully saturated rings. The van der Waals surface area contributed by atoms with Crippen LogP contribution >= 0.6 is 0 Å². The molecule has 0 spiro atoms. The number of aromatic nitrogens is 5. The monoisotopic (exact) mass is 384 g/mol. The van der Waals surface area contributed by atoms with Gasteiger partial charge in [0.15, 0.2) is 12.4 Å². The average molecular weight is 384 g/mol. The summed E-state index contributed by atoms with van der Waals surface area (Å²) in [4.78, 5) is 31.8. The molecule has 11 heteroatoms. The van der Waals surface area contributed by atoms with Gasteiger partial charge in [-0.3, -0.25) is 4.79 Å². The van der Waals surface area contributed by atoms with Gasteiger partial charge < -0.3 is 21.1 Å². The van der Waals surface area contributed by atoms with Crippen LogP contribution in [-0.4, -0.2) is 37.4 Å². The Morgan fingerprint density at radius 1 is 1.07 bits per heavy atom. The molecule has 2 heterocycles. The number of hydrogen-bond donors (Lipinski definition) is 3. The second kappa shape index (κ2) is 9.16. The lowest BCUT2D eigenvalue weighted by molar-refractivity contribution is -0.144. The van der Waals surface area contributed by atoms with Gasteiger partial charge in [-0.1, -0.05) is 0 Å². The van der Waals surface area contributed by atoms with Gasteiger partial charge in [-0.25, -0.2) is 14.4 Å². The molecule has 0 aliphatic rings. The van der Waals surface area contributed by atoms with E-state index in [4.69, 9.17) is 10.5 Å². The maximum atomic E-state index is 13.0. The predicted molar refractivity (Wildman–Crippen MR) is 98.9 cm³/mol. The zero-order valence-corrected chi connectivity index (χ0v) is 14.7. The van der Waals surface area contributed by atoms with Gasteiger partial charge in [0.1, 0.15) is 5.82 Å². The SMILES string of the molecule is Nc1nc(COC(=O)CCNc2ncccn2)nc(Nc2ccc(F)cc2)n1. The summed E-state index contributed by atoms with van der Waals surface area (Å²) in [6.45, 7) is 0.158. The van der Waals surface area contributed by atoms with Gasteiger partial charge in [-0.2, -0.15) is 15.0 Å². The van der Waals surface area contributed by atoms with E-state index in [1.807, 2.05) is 0 Å². The number of carbonyl (C=O) groups excluding carboxylic acids is 1. The largest absolute Gasteiger partial charge is 0.457 e. The maximum Gasteiger partial charge on any atom is 0.308 e. The molecule has 3 rings (SSSR count). The fraction of sp³-hybridized carbons (Fsp3) is 0.176. The lowest BCUT2D eigenvalue weighted by Crippen LogP contribution is -2.14. The number of anilines is 4. The highest BCUT2D eigenvalue weighted by molar-refractivity contribution is 5.69. The molecular weight excluding hydrogens is 367 g/mol. The standard InChI is InChI=1S/C17H17FN8O2/c18-11-2-4-12(5-3-11)23-17-25-13(24-15(19)26-17)10-28-14(27)6-9-22-16-20-7-1-8-21-16/h1-5,7-8H,6,9-10H2,(H,20,21,22)(H3,19,23,24,25,26). The molecule has 1 aromatic carbocycles. The van der Waals surface area contributed by atoms with E-state index in [-0.39, 0.29) is 36.6 Å². The van der Waals surface area contributed by atoms with Crippen LogP contribution in [0.5, 0.6) is 0 Å². The van der Waals surface area contributed by atoms with Crippen molar-refractivity contribution in [1.29, 1.82) is 0 Å². The Morgan fingerprint density at radius 3 is 2.57 bits per heavy atom. The van der Waals surface area contributed by atoms with E-state index < -0.39 is 5.97 Å². The van der Waals surface area contributed by atoms with Crippen molar-refractivity contribution in [1.82, 2.24) is 24.9 Å². The first kappa shape index (κ1) is 18.9. The first-order valence-electron chi connectivity index (χ1n) is 8.28. The fourth-order valence-corrected chi connectivity index (χ4v) is 2.10. The van der Waals surface area contributed by atoms with E-state index in [0.717, 1.165) is 0 Å². The third-order valence-corrected chi connectivity index (χ3v) is 3.34. The summed E-state index contributed by atoms with van der Waals surface area (Å²) in [6.07, 6.45) is 3.30. The second-order valence-electron chi connectivity index (χ2n) is 5.48. The van der Waals surface area contributed by atoms with Gasteiger partial charge in [0.05, 0.1) is 6.42 Å². The van der Waals surface area contributed by atoms with Crippen LogP contribution in [0.2, 0.25) is 0 Å². The number of halogens is 1. The molecule has 0 bridgehead atoms. The van der Waals surface area contributed by atoms with Crippen molar-refractivity contribution in [2.75, 3.05) is 22.9 Å². The number of hydrogen-bond acceptors (Lipinski definition) is 10. The number of nitrogens with one attached hydrogen (secondary N) is 2. The molecule has 4 N–H and O–H groups in total. The van der Waals surface area contributed by atoms with Crippen molar-refractivity contribution in [3.05, 3.63) is 54.4 Å². The molecule has 28 heavy (non-hydrogen) atoms. The van der Waals surface area contributed by atoms with Gasteiger partial charge in [0, 0.05) is 24.6 Å². The van der Waals surface area contributed by atoms with Crippen molar-refractivity contribution in [2.24, 2.45) is 0 Å². The van der Waals surface area contributed by atoms with Crippen molar-refractivity contribution < 1.29 is 13.9 Å². The third-order valence-electron chi connectivity index (χ3n) is 3.34. The van der Waals surface area contributed by atoms with Crippen LogP contribution < -0.4 is 16.4 Å². The molecule has 10 nitrogen and oxygen atoms in total. The molecule has 0 atom stereocenters. The van der Waals surface area contributed by atoms with Crippen LogP contribution in [0.1, 0.15) is 12.2 Å². The number of nitrogen functional groups attached to an aromatic ring is 1. The molecule has 0 unspecified atom stereocenters. The molecule has 0 saturated carbocycles. The second-order valence-corrected chi connectivity index (χ2v) is 5.48. The molecule has 3 aromatic rings. The number of nitrogens with two attached hydrogens (primary N) is 1. The summed E-state index contributed by atoms with van der Waals surface area (Å²) in [5.74, 6) is -0.0689. The van der Waals surface area contributed by atoms with E-state index in [9.17, 15) is 9.18 Å². The van der Waals surface area contributed by atoms with E-state index in [1.165, 1.54) is 24.3 Å². The van der Waals surface area contributed by atoms with Crippen LogP contribution in [-0.2, 0) is 16.1 Å². The van der Waals surface area contributed by atoms with Crippen LogP contribution in [0, 0.1) is 5.82 Å². The Balaban J connectivity index is 1.50. The molecule has 0 amide bonds. The van der Waals surface area contributed by atoms with Crippen LogP contribution in [0.15, 0.2) is 42.7 Å². The smallest absolute Gasteiger partial charge is 0.308 e. The predicted octanol–water partition coefficient (Wildman–Crippen LogP) is 1.67. The molecule has 0 radical (unpaired) electrons. The Kier molecular flexibility index (Phi) is 6.18. The van der Waals surface area contributed by atoms with Crippen LogP contribution in [0.4, 0.5) is 27.9 Å². The Morgan fingerprint density at radius 2 is 1.82 bits per heavy atom. The van der Waals surface area contributed by atoms with Crippen molar-refractivity contribution in [3.8, 4) is 0 Å². The quantitative estimate of drug-likeness (QED) is 0.491. The minimum Gasteiger partial charge on any atom is -0.457 e. The first-order chi connectivity index (χ1) is 13.6. The molecule has 2 aromatic heterocycles. The Bertz CT molecular complexity index is 924. The maximum absolute atomic E-state index is 13.0. The first-order valence-corrected chi connectivity index (χ1v) is 8.28. The zero-order valence-electron chi connectivity index (χ0n) is 14.7. The van der Waals surface area contributed by atoms with Gasteiger partial charge >= 0.3 is 5.97 Å². The summed E-state index contributed by atoms with van der Waals surface area (Å²) >= 11 is 0.